The average Bonchev–Trinajstić information content (AvgIpc) is 2.56. The first-order valence-electron chi connectivity index (χ1n) is 3.68. The number of aliphatic hydroxyl groups is 1. The second kappa shape index (κ2) is 3.92. The molecule has 4 nitrogen and oxygen atoms in total. The lowest BCUT2D eigenvalue weighted by atomic mass is 10.3. The fourth-order valence-corrected chi connectivity index (χ4v) is 0.746. The first-order valence-corrected chi connectivity index (χ1v) is 3.68. The van der Waals surface area contributed by atoms with Gasteiger partial charge in [-0.25, -0.2) is 0 Å². The standard InChI is InChI=1S/C8H11NO3/c1-6(4-10)9-8(11)7-2-3-12-5-7/h2-3,5-6,10H,4H2,1H3,(H,9,11)/t6-/m1/s1. The quantitative estimate of drug-likeness (QED) is 0.688. The van der Waals surface area contributed by atoms with Gasteiger partial charge in [0, 0.05) is 6.04 Å². The minimum absolute atomic E-state index is 0.0659. The molecule has 0 aromatic carbocycles. The summed E-state index contributed by atoms with van der Waals surface area (Å²) in [4.78, 5) is 11.2. The maximum atomic E-state index is 11.2. The Labute approximate surface area is 70.2 Å². The SMILES string of the molecule is C[C@H](CO)NC(=O)c1ccoc1. The highest BCUT2D eigenvalue weighted by molar-refractivity contribution is 5.93. The molecule has 0 bridgehead atoms. The van der Waals surface area contributed by atoms with E-state index >= 15 is 0 Å². The number of carbonyl (C=O) groups excluding carboxylic acids is 1. The second-order valence-electron chi connectivity index (χ2n) is 2.57. The predicted octanol–water partition coefficient (Wildman–Crippen LogP) is 0.390. The zero-order valence-electron chi connectivity index (χ0n) is 6.78. The van der Waals surface area contributed by atoms with Crippen LogP contribution in [0.5, 0.6) is 0 Å². The van der Waals surface area contributed by atoms with Gasteiger partial charge in [0.15, 0.2) is 0 Å². The Kier molecular flexibility index (Phi) is 2.88. The first-order chi connectivity index (χ1) is 5.74. The third-order valence-electron chi connectivity index (χ3n) is 1.43. The number of amides is 1. The van der Waals surface area contributed by atoms with Crippen LogP contribution >= 0.6 is 0 Å². The van der Waals surface area contributed by atoms with Gasteiger partial charge in [0.25, 0.3) is 5.91 Å². The molecule has 1 atom stereocenters. The minimum atomic E-state index is -0.231. The summed E-state index contributed by atoms with van der Waals surface area (Å²) >= 11 is 0. The largest absolute Gasteiger partial charge is 0.472 e. The van der Waals surface area contributed by atoms with E-state index in [9.17, 15) is 4.79 Å². The van der Waals surface area contributed by atoms with Crippen LogP contribution in [0.15, 0.2) is 23.0 Å². The predicted molar refractivity (Wildman–Crippen MR) is 42.7 cm³/mol. The zero-order valence-corrected chi connectivity index (χ0v) is 6.78. The highest BCUT2D eigenvalue weighted by Crippen LogP contribution is 1.99. The number of hydrogen-bond acceptors (Lipinski definition) is 3. The van der Waals surface area contributed by atoms with Gasteiger partial charge < -0.3 is 14.8 Å². The van der Waals surface area contributed by atoms with Crippen molar-refractivity contribution in [3.8, 4) is 0 Å². The van der Waals surface area contributed by atoms with Gasteiger partial charge >= 0.3 is 0 Å². The first kappa shape index (κ1) is 8.80. The summed E-state index contributed by atoms with van der Waals surface area (Å²) in [6, 6.07) is 1.34. The van der Waals surface area contributed by atoms with Crippen LogP contribution in [-0.2, 0) is 0 Å². The molecular weight excluding hydrogens is 158 g/mol. The fourth-order valence-electron chi connectivity index (χ4n) is 0.746. The number of carbonyl (C=O) groups is 1. The van der Waals surface area contributed by atoms with Crippen LogP contribution in [0.2, 0.25) is 0 Å². The van der Waals surface area contributed by atoms with E-state index in [2.05, 4.69) is 5.32 Å². The molecule has 1 aromatic heterocycles. The van der Waals surface area contributed by atoms with Gasteiger partial charge in [-0.05, 0) is 13.0 Å². The lowest BCUT2D eigenvalue weighted by Gasteiger charge is -2.08. The van der Waals surface area contributed by atoms with Gasteiger partial charge in [0.2, 0.25) is 0 Å². The van der Waals surface area contributed by atoms with Gasteiger partial charge in [0.1, 0.15) is 6.26 Å². The van der Waals surface area contributed by atoms with Crippen molar-refractivity contribution in [1.29, 1.82) is 0 Å². The maximum absolute atomic E-state index is 11.2. The van der Waals surface area contributed by atoms with Crippen molar-refractivity contribution in [2.24, 2.45) is 0 Å². The van der Waals surface area contributed by atoms with Crippen molar-refractivity contribution in [3.63, 3.8) is 0 Å². The molecule has 66 valence electrons. The molecule has 1 aromatic rings. The van der Waals surface area contributed by atoms with Crippen LogP contribution < -0.4 is 5.32 Å². The fraction of sp³-hybridized carbons (Fsp3) is 0.375. The zero-order chi connectivity index (χ0) is 8.97. The summed E-state index contributed by atoms with van der Waals surface area (Å²) in [5, 5.41) is 11.2. The maximum Gasteiger partial charge on any atom is 0.254 e. The molecule has 1 amide bonds. The van der Waals surface area contributed by atoms with E-state index in [-0.39, 0.29) is 18.6 Å². The van der Waals surface area contributed by atoms with E-state index in [4.69, 9.17) is 9.52 Å². The van der Waals surface area contributed by atoms with Crippen molar-refractivity contribution in [2.75, 3.05) is 6.61 Å². The summed E-state index contributed by atoms with van der Waals surface area (Å²) in [5.41, 5.74) is 0.468. The molecular formula is C8H11NO3. The van der Waals surface area contributed by atoms with E-state index in [1.807, 2.05) is 0 Å². The molecule has 0 fully saturated rings. The number of rotatable bonds is 3. The van der Waals surface area contributed by atoms with Gasteiger partial charge in [-0.2, -0.15) is 0 Å². The Morgan fingerprint density at radius 2 is 2.58 bits per heavy atom. The summed E-state index contributed by atoms with van der Waals surface area (Å²) in [5.74, 6) is -0.231. The smallest absolute Gasteiger partial charge is 0.254 e. The molecule has 0 unspecified atom stereocenters. The Morgan fingerprint density at radius 1 is 1.83 bits per heavy atom. The molecule has 0 aliphatic rings. The number of nitrogens with one attached hydrogen (secondary N) is 1. The lowest BCUT2D eigenvalue weighted by Crippen LogP contribution is -2.34. The van der Waals surface area contributed by atoms with Crippen molar-refractivity contribution in [2.45, 2.75) is 13.0 Å². The molecule has 1 heterocycles. The summed E-state index contributed by atoms with van der Waals surface area (Å²) in [6.07, 6.45) is 2.79. The average molecular weight is 169 g/mol. The monoisotopic (exact) mass is 169 g/mol. The third kappa shape index (κ3) is 2.10. The molecule has 4 heteroatoms. The van der Waals surface area contributed by atoms with Gasteiger partial charge in [-0.1, -0.05) is 0 Å². The van der Waals surface area contributed by atoms with Gasteiger partial charge in [-0.15, -0.1) is 0 Å². The third-order valence-corrected chi connectivity index (χ3v) is 1.43. The minimum Gasteiger partial charge on any atom is -0.472 e. The van der Waals surface area contributed by atoms with Crippen LogP contribution in [0, 0.1) is 0 Å². The van der Waals surface area contributed by atoms with Gasteiger partial charge in [0.05, 0.1) is 18.4 Å². The second-order valence-corrected chi connectivity index (χ2v) is 2.57. The Bertz CT molecular complexity index is 243. The van der Waals surface area contributed by atoms with E-state index < -0.39 is 0 Å². The normalized spacial score (nSPS) is 12.5. The topological polar surface area (TPSA) is 62.5 Å². The molecule has 0 saturated heterocycles. The van der Waals surface area contributed by atoms with Crippen LogP contribution in [0.1, 0.15) is 17.3 Å². The molecule has 0 saturated carbocycles. The molecule has 1 rings (SSSR count). The Morgan fingerprint density at radius 3 is 3.08 bits per heavy atom. The van der Waals surface area contributed by atoms with Gasteiger partial charge in [-0.3, -0.25) is 4.79 Å². The van der Waals surface area contributed by atoms with Crippen molar-refractivity contribution < 1.29 is 14.3 Å². The number of hydrogen-bond donors (Lipinski definition) is 2. The van der Waals surface area contributed by atoms with Crippen molar-refractivity contribution in [3.05, 3.63) is 24.2 Å². The molecule has 0 aliphatic heterocycles. The molecule has 0 aliphatic carbocycles. The highest BCUT2D eigenvalue weighted by atomic mass is 16.3. The number of furan rings is 1. The van der Waals surface area contributed by atoms with E-state index in [1.54, 1.807) is 13.0 Å². The molecule has 2 N–H and O–H groups in total. The number of aliphatic hydroxyl groups excluding tert-OH is 1. The Hall–Kier alpha value is -1.29. The van der Waals surface area contributed by atoms with E-state index in [0.717, 1.165) is 0 Å². The van der Waals surface area contributed by atoms with Crippen LogP contribution in [0.3, 0.4) is 0 Å². The summed E-state index contributed by atoms with van der Waals surface area (Å²) < 4.78 is 4.73. The van der Waals surface area contributed by atoms with Crippen LogP contribution in [-0.4, -0.2) is 23.7 Å². The lowest BCUT2D eigenvalue weighted by molar-refractivity contribution is 0.0921. The molecule has 0 spiro atoms. The van der Waals surface area contributed by atoms with Crippen molar-refractivity contribution in [1.82, 2.24) is 5.32 Å². The summed E-state index contributed by atoms with van der Waals surface area (Å²) in [6.45, 7) is 1.65. The molecule has 0 radical (unpaired) electrons. The molecule has 12 heavy (non-hydrogen) atoms. The van der Waals surface area contributed by atoms with Crippen molar-refractivity contribution >= 4 is 5.91 Å². The van der Waals surface area contributed by atoms with Crippen LogP contribution in [0.4, 0.5) is 0 Å². The Balaban J connectivity index is 2.50. The van der Waals surface area contributed by atoms with E-state index in [1.165, 1.54) is 12.5 Å². The highest BCUT2D eigenvalue weighted by Gasteiger charge is 2.08. The van der Waals surface area contributed by atoms with Crippen LogP contribution in [0.25, 0.3) is 0 Å². The summed E-state index contributed by atoms with van der Waals surface area (Å²) in [7, 11) is 0. The van der Waals surface area contributed by atoms with E-state index in [0.29, 0.717) is 5.56 Å².